The zero-order valence-corrected chi connectivity index (χ0v) is 17.8. The monoisotopic (exact) mass is 391 g/mol. The molecule has 1 unspecified atom stereocenters. The molecule has 0 saturated carbocycles. The third-order valence-electron chi connectivity index (χ3n) is 5.35. The molecule has 0 radical (unpaired) electrons. The molecule has 1 atom stereocenters. The summed E-state index contributed by atoms with van der Waals surface area (Å²) in [6, 6.07) is 0. The van der Waals surface area contributed by atoms with Gasteiger partial charge < -0.3 is 24.3 Å². The van der Waals surface area contributed by atoms with Crippen LogP contribution in [0, 0.1) is 5.92 Å². The van der Waals surface area contributed by atoms with Gasteiger partial charge in [-0.05, 0) is 38.5 Å². The molecule has 1 N–H and O–H groups in total. The maximum atomic E-state index is 6.10. The van der Waals surface area contributed by atoms with Crippen molar-refractivity contribution in [3.8, 4) is 0 Å². The van der Waals surface area contributed by atoms with E-state index in [1.807, 2.05) is 6.20 Å². The number of aliphatic imine (C=N–C) groups is 1. The number of aromatic nitrogens is 2. The second kappa shape index (κ2) is 10.8. The summed E-state index contributed by atoms with van der Waals surface area (Å²) in [4.78, 5) is 11.7. The fraction of sp³-hybridized carbons (Fsp3) is 0.810. The molecular weight excluding hydrogens is 354 g/mol. The molecule has 1 aromatic rings. The Morgan fingerprint density at radius 1 is 1.36 bits per heavy atom. The smallest absolute Gasteiger partial charge is 0.194 e. The number of nitrogens with zero attached hydrogens (tertiary/aromatic N) is 4. The minimum atomic E-state index is 0.312. The number of hydrogen-bond donors (Lipinski definition) is 1. The van der Waals surface area contributed by atoms with Gasteiger partial charge in [0.2, 0.25) is 0 Å². The van der Waals surface area contributed by atoms with Crippen LogP contribution in [-0.2, 0) is 22.6 Å². The lowest BCUT2D eigenvalue weighted by atomic mass is 10.1. The summed E-state index contributed by atoms with van der Waals surface area (Å²) in [6.45, 7) is 12.6. The van der Waals surface area contributed by atoms with Gasteiger partial charge in [0.1, 0.15) is 12.4 Å². The fourth-order valence-electron chi connectivity index (χ4n) is 3.88. The highest BCUT2D eigenvalue weighted by molar-refractivity contribution is 5.80. The van der Waals surface area contributed by atoms with Crippen LogP contribution in [0.4, 0.5) is 0 Å². The number of ether oxygens (including phenoxy) is 2. The van der Waals surface area contributed by atoms with Gasteiger partial charge in [0.05, 0.1) is 18.8 Å². The highest BCUT2D eigenvalue weighted by Gasteiger charge is 2.24. The lowest BCUT2D eigenvalue weighted by Crippen LogP contribution is -2.47. The zero-order valence-electron chi connectivity index (χ0n) is 17.8. The maximum Gasteiger partial charge on any atom is 0.194 e. The van der Waals surface area contributed by atoms with Crippen LogP contribution < -0.4 is 5.32 Å². The van der Waals surface area contributed by atoms with E-state index in [0.717, 1.165) is 70.4 Å². The molecule has 3 heterocycles. The molecule has 0 aliphatic carbocycles. The number of piperidine rings is 1. The largest absolute Gasteiger partial charge is 0.376 e. The lowest BCUT2D eigenvalue weighted by Gasteiger charge is -2.34. The SMILES string of the molecule is CCNC(=NCc1nccn1CC(C)C)N1CCC(OCC2CCCO2)CC1. The summed E-state index contributed by atoms with van der Waals surface area (Å²) in [6.07, 6.45) is 8.97. The molecule has 2 fully saturated rings. The topological polar surface area (TPSA) is 63.9 Å². The number of nitrogens with one attached hydrogen (secondary N) is 1. The summed E-state index contributed by atoms with van der Waals surface area (Å²) >= 11 is 0. The van der Waals surface area contributed by atoms with Crippen LogP contribution in [0.15, 0.2) is 17.4 Å². The highest BCUT2D eigenvalue weighted by atomic mass is 16.5. The summed E-state index contributed by atoms with van der Waals surface area (Å²) in [5.74, 6) is 2.61. The van der Waals surface area contributed by atoms with Crippen molar-refractivity contribution in [2.45, 2.75) is 71.8 Å². The number of imidazole rings is 1. The first-order valence-corrected chi connectivity index (χ1v) is 10.9. The average Bonchev–Trinajstić information content (AvgIpc) is 3.35. The molecule has 2 aliphatic rings. The minimum absolute atomic E-state index is 0.312. The molecule has 3 rings (SSSR count). The van der Waals surface area contributed by atoms with Crippen molar-refractivity contribution in [3.05, 3.63) is 18.2 Å². The van der Waals surface area contributed by atoms with Gasteiger partial charge in [-0.2, -0.15) is 0 Å². The Kier molecular flexibility index (Phi) is 8.15. The predicted octanol–water partition coefficient (Wildman–Crippen LogP) is 2.66. The minimum Gasteiger partial charge on any atom is -0.376 e. The first-order chi connectivity index (χ1) is 13.7. The predicted molar refractivity (Wildman–Crippen MR) is 111 cm³/mol. The van der Waals surface area contributed by atoms with E-state index in [1.54, 1.807) is 0 Å². The van der Waals surface area contributed by atoms with Crippen LogP contribution >= 0.6 is 0 Å². The Morgan fingerprint density at radius 2 is 2.18 bits per heavy atom. The first-order valence-electron chi connectivity index (χ1n) is 10.9. The van der Waals surface area contributed by atoms with Crippen molar-refractivity contribution in [2.24, 2.45) is 10.9 Å². The summed E-state index contributed by atoms with van der Waals surface area (Å²) in [7, 11) is 0. The zero-order chi connectivity index (χ0) is 19.8. The van der Waals surface area contributed by atoms with Crippen molar-refractivity contribution >= 4 is 5.96 Å². The average molecular weight is 392 g/mol. The van der Waals surface area contributed by atoms with Crippen LogP contribution in [0.3, 0.4) is 0 Å². The van der Waals surface area contributed by atoms with E-state index in [2.05, 4.69) is 46.7 Å². The van der Waals surface area contributed by atoms with Crippen LogP contribution in [0.2, 0.25) is 0 Å². The van der Waals surface area contributed by atoms with Gasteiger partial charge in [0.25, 0.3) is 0 Å². The van der Waals surface area contributed by atoms with Gasteiger partial charge in [-0.3, -0.25) is 0 Å². The van der Waals surface area contributed by atoms with E-state index < -0.39 is 0 Å². The summed E-state index contributed by atoms with van der Waals surface area (Å²) in [5, 5.41) is 3.44. The van der Waals surface area contributed by atoms with Crippen LogP contribution in [0.25, 0.3) is 0 Å². The first kappa shape index (κ1) is 21.1. The Balaban J connectivity index is 1.50. The van der Waals surface area contributed by atoms with Crippen LogP contribution in [0.5, 0.6) is 0 Å². The quantitative estimate of drug-likeness (QED) is 0.545. The Bertz CT molecular complexity index is 602. The van der Waals surface area contributed by atoms with Gasteiger partial charge in [0, 0.05) is 45.2 Å². The summed E-state index contributed by atoms with van der Waals surface area (Å²) < 4.78 is 14.0. The molecule has 0 aromatic carbocycles. The standard InChI is InChI=1S/C21H37N5O2/c1-4-22-21(24-14-20-23-9-12-26(20)15-17(2)3)25-10-7-18(8-11-25)28-16-19-6-5-13-27-19/h9,12,17-19H,4-8,10-11,13-16H2,1-3H3,(H,22,24). The molecule has 2 saturated heterocycles. The molecular formula is C21H37N5O2. The molecule has 0 spiro atoms. The van der Waals surface area contributed by atoms with Crippen molar-refractivity contribution in [1.29, 1.82) is 0 Å². The normalized spacial score (nSPS) is 21.6. The molecule has 1 aromatic heterocycles. The third-order valence-corrected chi connectivity index (χ3v) is 5.35. The van der Waals surface area contributed by atoms with E-state index in [0.29, 0.717) is 24.7 Å². The van der Waals surface area contributed by atoms with E-state index in [4.69, 9.17) is 14.5 Å². The van der Waals surface area contributed by atoms with Gasteiger partial charge in [-0.15, -0.1) is 0 Å². The molecule has 0 amide bonds. The van der Waals surface area contributed by atoms with Gasteiger partial charge in [0.15, 0.2) is 5.96 Å². The number of hydrogen-bond acceptors (Lipinski definition) is 4. The molecule has 7 nitrogen and oxygen atoms in total. The fourth-order valence-corrected chi connectivity index (χ4v) is 3.88. The van der Waals surface area contributed by atoms with E-state index in [9.17, 15) is 0 Å². The molecule has 2 aliphatic heterocycles. The number of rotatable bonds is 8. The van der Waals surface area contributed by atoms with Crippen LogP contribution in [-0.4, -0.2) is 65.5 Å². The lowest BCUT2D eigenvalue weighted by molar-refractivity contribution is -0.0367. The van der Waals surface area contributed by atoms with Crippen LogP contribution in [0.1, 0.15) is 52.3 Å². The van der Waals surface area contributed by atoms with Crippen molar-refractivity contribution < 1.29 is 9.47 Å². The second-order valence-electron chi connectivity index (χ2n) is 8.21. The van der Waals surface area contributed by atoms with Gasteiger partial charge >= 0.3 is 0 Å². The maximum absolute atomic E-state index is 6.10. The molecule has 28 heavy (non-hydrogen) atoms. The third kappa shape index (κ3) is 6.21. The Labute approximate surface area is 169 Å². The summed E-state index contributed by atoms with van der Waals surface area (Å²) in [5.41, 5.74) is 0. The number of guanidine groups is 1. The molecule has 7 heteroatoms. The van der Waals surface area contributed by atoms with E-state index in [1.165, 1.54) is 6.42 Å². The second-order valence-corrected chi connectivity index (χ2v) is 8.21. The highest BCUT2D eigenvalue weighted by Crippen LogP contribution is 2.18. The van der Waals surface area contributed by atoms with E-state index in [-0.39, 0.29) is 0 Å². The van der Waals surface area contributed by atoms with Crippen molar-refractivity contribution in [2.75, 3.05) is 32.8 Å². The number of likely N-dealkylation sites (tertiary alicyclic amines) is 1. The van der Waals surface area contributed by atoms with Crippen molar-refractivity contribution in [3.63, 3.8) is 0 Å². The molecule has 158 valence electrons. The van der Waals surface area contributed by atoms with Gasteiger partial charge in [-0.25, -0.2) is 9.98 Å². The molecule has 0 bridgehead atoms. The van der Waals surface area contributed by atoms with Crippen molar-refractivity contribution in [1.82, 2.24) is 19.8 Å². The van der Waals surface area contributed by atoms with Gasteiger partial charge in [-0.1, -0.05) is 13.8 Å². The Hall–Kier alpha value is -1.60. The van der Waals surface area contributed by atoms with E-state index >= 15 is 0 Å². The Morgan fingerprint density at radius 3 is 2.86 bits per heavy atom.